The fourth-order valence-electron chi connectivity index (χ4n) is 9.97. The van der Waals surface area contributed by atoms with Crippen LogP contribution in [0.5, 0.6) is 0 Å². The molecule has 0 bridgehead atoms. The van der Waals surface area contributed by atoms with Crippen LogP contribution in [0.4, 0.5) is 0 Å². The Labute approximate surface area is 505 Å². The molecule has 7 fully saturated rings. The molecule has 0 aromatic carbocycles. The quantitative estimate of drug-likeness (QED) is 0.173. The van der Waals surface area contributed by atoms with Crippen LogP contribution in [0.2, 0.25) is 0 Å². The van der Waals surface area contributed by atoms with Crippen molar-refractivity contribution in [2.75, 3.05) is 129 Å². The van der Waals surface area contributed by atoms with Crippen LogP contribution in [0.25, 0.3) is 0 Å². The second-order valence-corrected chi connectivity index (χ2v) is 21.7. The van der Waals surface area contributed by atoms with Gasteiger partial charge in [0, 0.05) is 137 Å². The number of amides is 7. The van der Waals surface area contributed by atoms with Gasteiger partial charge in [-0.2, -0.15) is 0 Å². The number of esters is 7. The van der Waals surface area contributed by atoms with Gasteiger partial charge in [0.15, 0.2) is 0 Å². The molecule has 86 heavy (non-hydrogen) atoms. The lowest BCUT2D eigenvalue weighted by Gasteiger charge is -2.20. The lowest BCUT2D eigenvalue weighted by atomic mass is 10.1. The molecule has 0 N–H and O–H groups in total. The fourth-order valence-corrected chi connectivity index (χ4v) is 9.97. The number of ether oxygens (including phenoxy) is 7. The minimum atomic E-state index is -0.289. The van der Waals surface area contributed by atoms with Crippen LogP contribution >= 0.6 is 0 Å². The second kappa shape index (κ2) is 38.6. The number of carbonyl (C=O) groups excluding carboxylic acids is 14. The average molecular weight is 1230 g/mol. The van der Waals surface area contributed by atoms with Crippen molar-refractivity contribution in [3.05, 3.63) is 0 Å². The second-order valence-electron chi connectivity index (χ2n) is 21.7. The van der Waals surface area contributed by atoms with E-state index < -0.39 is 0 Å². The summed E-state index contributed by atoms with van der Waals surface area (Å²) in [6, 6.07) is 0.337. The van der Waals surface area contributed by atoms with Gasteiger partial charge < -0.3 is 67.5 Å². The molecule has 7 heterocycles. The van der Waals surface area contributed by atoms with E-state index in [0.29, 0.717) is 110 Å². The first-order chi connectivity index (χ1) is 40.5. The van der Waals surface area contributed by atoms with E-state index in [1.54, 1.807) is 55.3 Å². The molecular formula is C58H95N7O21. The van der Waals surface area contributed by atoms with E-state index in [1.165, 1.54) is 42.7 Å². The van der Waals surface area contributed by atoms with Crippen LogP contribution in [-0.4, -0.2) is 258 Å². The predicted octanol–water partition coefficient (Wildman–Crippen LogP) is 0.972. The van der Waals surface area contributed by atoms with Crippen LogP contribution in [0.15, 0.2) is 0 Å². The molecule has 488 valence electrons. The van der Waals surface area contributed by atoms with Gasteiger partial charge in [-0.1, -0.05) is 6.92 Å². The summed E-state index contributed by atoms with van der Waals surface area (Å²) >= 11 is 0. The zero-order valence-corrected chi connectivity index (χ0v) is 53.3. The largest absolute Gasteiger partial charge is 0.469 e. The first-order valence-corrected chi connectivity index (χ1v) is 29.0. The third kappa shape index (κ3) is 24.2. The van der Waals surface area contributed by atoms with Crippen molar-refractivity contribution in [2.45, 2.75) is 119 Å². The summed E-state index contributed by atoms with van der Waals surface area (Å²) in [5.74, 6) is -3.41. The van der Waals surface area contributed by atoms with E-state index in [4.69, 9.17) is 4.74 Å². The normalized spacial score (nSPS) is 22.9. The first kappa shape index (κ1) is 76.6. The van der Waals surface area contributed by atoms with Crippen molar-refractivity contribution in [3.63, 3.8) is 0 Å². The third-order valence-electron chi connectivity index (χ3n) is 15.0. The van der Waals surface area contributed by atoms with Crippen molar-refractivity contribution in [1.82, 2.24) is 34.3 Å². The molecule has 7 aliphatic rings. The van der Waals surface area contributed by atoms with Gasteiger partial charge in [0.05, 0.1) is 90.7 Å². The fraction of sp³-hybridized carbons (Fsp3) is 0.759. The molecule has 28 heteroatoms. The van der Waals surface area contributed by atoms with E-state index in [0.717, 1.165) is 13.0 Å². The van der Waals surface area contributed by atoms with E-state index in [-0.39, 0.29) is 137 Å². The Bertz CT molecular complexity index is 2250. The zero-order valence-electron chi connectivity index (χ0n) is 53.3. The van der Waals surface area contributed by atoms with Crippen molar-refractivity contribution in [3.8, 4) is 0 Å². The molecule has 28 nitrogen and oxygen atoms in total. The lowest BCUT2D eigenvalue weighted by molar-refractivity contribution is -0.148. The van der Waals surface area contributed by atoms with Crippen LogP contribution in [-0.2, 0) is 100 Å². The molecule has 0 radical (unpaired) electrons. The number of nitrogens with zero attached hydrogens (tertiary/aromatic N) is 7. The van der Waals surface area contributed by atoms with Gasteiger partial charge in [0.1, 0.15) is 0 Å². The molecule has 7 atom stereocenters. The van der Waals surface area contributed by atoms with Gasteiger partial charge in [-0.3, -0.25) is 67.1 Å². The molecule has 0 aliphatic carbocycles. The van der Waals surface area contributed by atoms with Crippen molar-refractivity contribution < 1.29 is 100 Å². The minimum Gasteiger partial charge on any atom is -0.469 e. The number of carbonyl (C=O) groups is 14. The van der Waals surface area contributed by atoms with Gasteiger partial charge in [-0.25, -0.2) is 0 Å². The maximum absolute atomic E-state index is 11.4. The lowest BCUT2D eigenvalue weighted by Crippen LogP contribution is -2.32. The summed E-state index contributed by atoms with van der Waals surface area (Å²) in [4.78, 5) is 167. The van der Waals surface area contributed by atoms with E-state index >= 15 is 0 Å². The molecule has 7 saturated heterocycles. The Hall–Kier alpha value is -7.42. The Balaban J connectivity index is 0.000000502. The molecule has 0 saturated carbocycles. The first-order valence-electron chi connectivity index (χ1n) is 29.0. The van der Waals surface area contributed by atoms with Crippen molar-refractivity contribution in [1.29, 1.82) is 0 Å². The topological polar surface area (TPSA) is 326 Å². The van der Waals surface area contributed by atoms with Gasteiger partial charge >= 0.3 is 41.8 Å². The summed E-state index contributed by atoms with van der Waals surface area (Å²) in [5.41, 5.74) is 0. The molecule has 7 rings (SSSR count). The number of methoxy groups -OCH3 is 6. The van der Waals surface area contributed by atoms with Crippen molar-refractivity contribution >= 4 is 83.1 Å². The summed E-state index contributed by atoms with van der Waals surface area (Å²) in [5, 5.41) is 0. The van der Waals surface area contributed by atoms with Crippen LogP contribution in [0, 0.1) is 41.4 Å². The van der Waals surface area contributed by atoms with Gasteiger partial charge in [-0.15, -0.1) is 0 Å². The van der Waals surface area contributed by atoms with Gasteiger partial charge in [0.25, 0.3) is 0 Å². The maximum Gasteiger partial charge on any atom is 0.311 e. The number of hydrogen-bond donors (Lipinski definition) is 0. The summed E-state index contributed by atoms with van der Waals surface area (Å²) < 4.78 is 32.2. The maximum atomic E-state index is 11.4. The Morgan fingerprint density at radius 3 is 0.826 bits per heavy atom. The van der Waals surface area contributed by atoms with E-state index in [1.807, 2.05) is 48.5 Å². The average Bonchev–Trinajstić information content (AvgIpc) is 4.43. The molecule has 5 unspecified atom stereocenters. The number of rotatable bonds is 14. The van der Waals surface area contributed by atoms with E-state index in [9.17, 15) is 67.1 Å². The molecule has 0 aromatic heterocycles. The zero-order chi connectivity index (χ0) is 65.7. The molecule has 0 spiro atoms. The van der Waals surface area contributed by atoms with Gasteiger partial charge in [0.2, 0.25) is 41.4 Å². The van der Waals surface area contributed by atoms with Crippen LogP contribution < -0.4 is 0 Å². The number of likely N-dealkylation sites (tertiary alicyclic amines) is 7. The standard InChI is InChI=1S/3C9H15NO3.3C8H13NO3.C7H11NO3/c2*1-6(2)10-5-7(4-8(10)11)9(12)13-3;1-3-4-10-6-7(5-8(10)11)9(12)13-2;2*1-3-9-5-6(4-7(9)10)8(11)12-2;1-3-12-8(11)6-4-7(10)9(2)5-6;1-8-4-5(3-6(8)9)7(10)11-2/h2*6-7H,4-5H2,1-3H3;7H,3-6H2,1-2H3;3*6H,3-5H2,1-2H3;5H,3-4H2,1-2H3/t7-;;;6-;;;/m1..1.../s1. The summed E-state index contributed by atoms with van der Waals surface area (Å²) in [7, 11) is 11.5. The predicted molar refractivity (Wildman–Crippen MR) is 306 cm³/mol. The Kier molecular flexibility index (Phi) is 34.4. The number of hydrogen-bond acceptors (Lipinski definition) is 21. The molecular weight excluding hydrogens is 1130 g/mol. The highest BCUT2D eigenvalue weighted by Gasteiger charge is 2.39. The molecule has 0 aromatic rings. The minimum absolute atomic E-state index is 0.0143. The SMILES string of the molecule is CCCN1CC(C(=O)OC)CC1=O.CCN1CC(C(=O)OC)CC1=O.CCN1C[C@H](C(=O)OC)CC1=O.CCOC(=O)C1CC(=O)N(C)C1.COC(=O)C1CC(=O)N(C(C)C)C1.COC(=O)C1CC(=O)N(C)C1.COC(=O)[C@@H]1CC(=O)N(C(C)C)C1. The highest BCUT2D eigenvalue weighted by molar-refractivity contribution is 5.90. The molecule has 7 aliphatic heterocycles. The van der Waals surface area contributed by atoms with Gasteiger partial charge in [-0.05, 0) is 54.9 Å². The highest BCUT2D eigenvalue weighted by Crippen LogP contribution is 2.24. The smallest absolute Gasteiger partial charge is 0.311 e. The highest BCUT2D eigenvalue weighted by atomic mass is 16.5. The van der Waals surface area contributed by atoms with Crippen LogP contribution in [0.3, 0.4) is 0 Å². The third-order valence-corrected chi connectivity index (χ3v) is 15.0. The summed E-state index contributed by atoms with van der Waals surface area (Å²) in [6.07, 6.45) is 3.04. The van der Waals surface area contributed by atoms with E-state index in [2.05, 4.69) is 28.4 Å². The van der Waals surface area contributed by atoms with Crippen LogP contribution in [0.1, 0.15) is 107 Å². The molecule has 7 amide bonds. The Morgan fingerprint density at radius 2 is 0.605 bits per heavy atom. The monoisotopic (exact) mass is 1230 g/mol. The summed E-state index contributed by atoms with van der Waals surface area (Å²) in [6.45, 7) is 21.4. The van der Waals surface area contributed by atoms with Crippen molar-refractivity contribution in [2.24, 2.45) is 41.4 Å². The Morgan fingerprint density at radius 1 is 0.360 bits per heavy atom.